The third-order valence-electron chi connectivity index (χ3n) is 6.58. The molecule has 0 aliphatic carbocycles. The number of likely N-dealkylation sites (tertiary alicyclic amines) is 1. The lowest BCUT2D eigenvalue weighted by molar-refractivity contribution is -0.137. The number of piperidine rings is 1. The van der Waals surface area contributed by atoms with Crippen molar-refractivity contribution in [2.75, 3.05) is 44.2 Å². The third-order valence-corrected chi connectivity index (χ3v) is 6.91. The quantitative estimate of drug-likeness (QED) is 0.544. The Labute approximate surface area is 203 Å². The normalized spacial score (nSPS) is 19.4. The van der Waals surface area contributed by atoms with Crippen molar-refractivity contribution in [2.45, 2.75) is 19.4 Å². The predicted molar refractivity (Wildman–Crippen MR) is 128 cm³/mol. The molecule has 5 rings (SSSR count). The van der Waals surface area contributed by atoms with Gasteiger partial charge >= 0.3 is 0 Å². The number of amides is 1. The molecule has 0 bridgehead atoms. The monoisotopic (exact) mass is 483 g/mol. The van der Waals surface area contributed by atoms with E-state index in [4.69, 9.17) is 16.1 Å². The molecule has 178 valence electrons. The fraction of sp³-hybridized carbons (Fsp3) is 0.400. The van der Waals surface area contributed by atoms with Gasteiger partial charge in [-0.25, -0.2) is 4.39 Å². The number of rotatable bonds is 5. The first kappa shape index (κ1) is 22.8. The highest BCUT2D eigenvalue weighted by atomic mass is 35.5. The first-order valence-corrected chi connectivity index (χ1v) is 12.0. The number of carbonyl (C=O) groups excluding carboxylic acids is 1. The number of carbonyl (C=O) groups is 1. The molecule has 9 heteroatoms. The van der Waals surface area contributed by atoms with Gasteiger partial charge < -0.3 is 14.3 Å². The molecule has 2 aliphatic rings. The molecule has 1 amide bonds. The first-order chi connectivity index (χ1) is 16.6. The van der Waals surface area contributed by atoms with Crippen LogP contribution in [0.4, 0.5) is 10.1 Å². The molecule has 0 saturated carbocycles. The van der Waals surface area contributed by atoms with Crippen LogP contribution in [0.5, 0.6) is 0 Å². The molecule has 2 aliphatic heterocycles. The van der Waals surface area contributed by atoms with Crippen molar-refractivity contribution in [1.29, 1.82) is 0 Å². The van der Waals surface area contributed by atoms with E-state index in [0.29, 0.717) is 42.9 Å². The average Bonchev–Trinajstić information content (AvgIpc) is 3.33. The van der Waals surface area contributed by atoms with E-state index in [1.165, 1.54) is 12.1 Å². The Balaban J connectivity index is 1.15. The van der Waals surface area contributed by atoms with Gasteiger partial charge in [0.05, 0.1) is 17.5 Å². The number of hydrogen-bond donors (Lipinski definition) is 0. The van der Waals surface area contributed by atoms with E-state index < -0.39 is 0 Å². The molecule has 2 fully saturated rings. The second kappa shape index (κ2) is 10.1. The van der Waals surface area contributed by atoms with Crippen molar-refractivity contribution in [3.05, 3.63) is 65.3 Å². The Hall–Kier alpha value is -2.97. The van der Waals surface area contributed by atoms with Crippen LogP contribution in [0.3, 0.4) is 0 Å². The summed E-state index contributed by atoms with van der Waals surface area (Å²) in [7, 11) is 0. The lowest BCUT2D eigenvalue weighted by Gasteiger charge is -2.39. The highest BCUT2D eigenvalue weighted by Gasteiger charge is 2.31. The largest absolute Gasteiger partial charge is 0.368 e. The van der Waals surface area contributed by atoms with E-state index in [2.05, 4.69) is 19.9 Å². The average molecular weight is 484 g/mol. The standard InChI is InChI=1S/C25H27ClFN5O2/c26-22-6-2-1-5-21(22)24-28-23(34-29-24)17-30-11-3-4-18(16-30)25(33)32-14-12-31(13-15-32)20-9-7-19(27)8-10-20/h1-2,5-10,18H,3-4,11-17H2. The van der Waals surface area contributed by atoms with Crippen molar-refractivity contribution in [3.8, 4) is 11.4 Å². The van der Waals surface area contributed by atoms with Crippen LogP contribution in [0.15, 0.2) is 53.1 Å². The highest BCUT2D eigenvalue weighted by Crippen LogP contribution is 2.26. The van der Waals surface area contributed by atoms with Gasteiger partial charge in [-0.05, 0) is 55.8 Å². The van der Waals surface area contributed by atoms with Crippen LogP contribution in [0, 0.1) is 11.7 Å². The number of halogens is 2. The summed E-state index contributed by atoms with van der Waals surface area (Å²) in [6.07, 6.45) is 1.85. The van der Waals surface area contributed by atoms with E-state index >= 15 is 0 Å². The number of benzene rings is 2. The fourth-order valence-electron chi connectivity index (χ4n) is 4.76. The van der Waals surface area contributed by atoms with Crippen molar-refractivity contribution in [3.63, 3.8) is 0 Å². The summed E-state index contributed by atoms with van der Waals surface area (Å²) in [6.45, 7) is 4.95. The molecule has 34 heavy (non-hydrogen) atoms. The molecule has 2 aromatic carbocycles. The maximum Gasteiger partial charge on any atom is 0.241 e. The minimum absolute atomic E-state index is 0.0305. The van der Waals surface area contributed by atoms with Crippen LogP contribution in [0.2, 0.25) is 5.02 Å². The number of anilines is 1. The third kappa shape index (κ3) is 5.08. The molecule has 7 nitrogen and oxygen atoms in total. The van der Waals surface area contributed by atoms with E-state index in [9.17, 15) is 9.18 Å². The van der Waals surface area contributed by atoms with Crippen LogP contribution < -0.4 is 4.90 Å². The molecule has 2 saturated heterocycles. The molecule has 0 N–H and O–H groups in total. The molecule has 3 heterocycles. The van der Waals surface area contributed by atoms with Crippen LogP contribution in [0.1, 0.15) is 18.7 Å². The van der Waals surface area contributed by atoms with Gasteiger partial charge in [0, 0.05) is 44.0 Å². The van der Waals surface area contributed by atoms with Crippen LogP contribution in [-0.4, -0.2) is 65.1 Å². The zero-order valence-electron chi connectivity index (χ0n) is 18.9. The van der Waals surface area contributed by atoms with Crippen LogP contribution >= 0.6 is 11.6 Å². The smallest absolute Gasteiger partial charge is 0.241 e. The van der Waals surface area contributed by atoms with E-state index in [-0.39, 0.29) is 17.6 Å². The predicted octanol–water partition coefficient (Wildman–Crippen LogP) is 4.09. The van der Waals surface area contributed by atoms with E-state index in [0.717, 1.165) is 43.7 Å². The van der Waals surface area contributed by atoms with Crippen LogP contribution in [0.25, 0.3) is 11.4 Å². The van der Waals surface area contributed by atoms with Gasteiger partial charge in [-0.15, -0.1) is 0 Å². The molecule has 1 aromatic heterocycles. The maximum atomic E-state index is 13.2. The molecule has 0 radical (unpaired) electrons. The van der Waals surface area contributed by atoms with Gasteiger partial charge in [0.2, 0.25) is 17.6 Å². The van der Waals surface area contributed by atoms with Crippen molar-refractivity contribution >= 4 is 23.2 Å². The summed E-state index contributed by atoms with van der Waals surface area (Å²) in [5, 5.41) is 4.66. The summed E-state index contributed by atoms with van der Waals surface area (Å²) in [6, 6.07) is 13.9. The molecular formula is C25H27ClFN5O2. The van der Waals surface area contributed by atoms with Gasteiger partial charge in [-0.1, -0.05) is 28.9 Å². The highest BCUT2D eigenvalue weighted by molar-refractivity contribution is 6.33. The van der Waals surface area contributed by atoms with E-state index in [1.807, 2.05) is 23.1 Å². The first-order valence-electron chi connectivity index (χ1n) is 11.7. The summed E-state index contributed by atoms with van der Waals surface area (Å²) < 4.78 is 18.7. The Morgan fingerprint density at radius 3 is 2.59 bits per heavy atom. The summed E-state index contributed by atoms with van der Waals surface area (Å²) in [5.74, 6) is 0.947. The van der Waals surface area contributed by atoms with Gasteiger partial charge in [0.25, 0.3) is 0 Å². The molecule has 3 aromatic rings. The Morgan fingerprint density at radius 2 is 1.82 bits per heavy atom. The number of hydrogen-bond acceptors (Lipinski definition) is 6. The second-order valence-corrected chi connectivity index (χ2v) is 9.26. The van der Waals surface area contributed by atoms with Crippen molar-refractivity contribution in [1.82, 2.24) is 19.9 Å². The lowest BCUT2D eigenvalue weighted by Crippen LogP contribution is -2.52. The topological polar surface area (TPSA) is 65.7 Å². The minimum Gasteiger partial charge on any atom is -0.368 e. The second-order valence-electron chi connectivity index (χ2n) is 8.85. The van der Waals surface area contributed by atoms with Crippen LogP contribution in [-0.2, 0) is 11.3 Å². The SMILES string of the molecule is O=C(C1CCCN(Cc2nc(-c3ccccc3Cl)no2)C1)N1CCN(c2ccc(F)cc2)CC1. The van der Waals surface area contributed by atoms with Gasteiger partial charge in [0.1, 0.15) is 5.82 Å². The maximum absolute atomic E-state index is 13.2. The molecule has 1 unspecified atom stereocenters. The zero-order valence-corrected chi connectivity index (χ0v) is 19.6. The molecule has 0 spiro atoms. The molecular weight excluding hydrogens is 457 g/mol. The van der Waals surface area contributed by atoms with Gasteiger partial charge in [-0.3, -0.25) is 9.69 Å². The Bertz CT molecular complexity index is 1130. The lowest BCUT2D eigenvalue weighted by atomic mass is 9.96. The van der Waals surface area contributed by atoms with Crippen molar-refractivity contribution < 1.29 is 13.7 Å². The van der Waals surface area contributed by atoms with E-state index in [1.54, 1.807) is 18.2 Å². The van der Waals surface area contributed by atoms with Gasteiger partial charge in [-0.2, -0.15) is 4.98 Å². The van der Waals surface area contributed by atoms with Gasteiger partial charge in [0.15, 0.2) is 0 Å². The molecule has 1 atom stereocenters. The number of nitrogens with zero attached hydrogens (tertiary/aromatic N) is 5. The summed E-state index contributed by atoms with van der Waals surface area (Å²) in [4.78, 5) is 24.1. The minimum atomic E-state index is -0.236. The summed E-state index contributed by atoms with van der Waals surface area (Å²) in [5.41, 5.74) is 1.73. The number of piperazine rings is 1. The Morgan fingerprint density at radius 1 is 1.06 bits per heavy atom. The fourth-order valence-corrected chi connectivity index (χ4v) is 4.98. The zero-order chi connectivity index (χ0) is 23.5. The number of aromatic nitrogens is 2. The Kier molecular flexibility index (Phi) is 6.78. The summed E-state index contributed by atoms with van der Waals surface area (Å²) >= 11 is 6.25. The van der Waals surface area contributed by atoms with Crippen molar-refractivity contribution in [2.24, 2.45) is 5.92 Å².